The van der Waals surface area contributed by atoms with E-state index in [1.807, 2.05) is 43.5 Å². The van der Waals surface area contributed by atoms with Crippen LogP contribution in [0.4, 0.5) is 0 Å². The van der Waals surface area contributed by atoms with Gasteiger partial charge < -0.3 is 9.64 Å². The van der Waals surface area contributed by atoms with Crippen LogP contribution in [0.15, 0.2) is 48.7 Å². The zero-order valence-corrected chi connectivity index (χ0v) is 14.5. The van der Waals surface area contributed by atoms with Crippen molar-refractivity contribution in [3.05, 3.63) is 65.6 Å². The first-order chi connectivity index (χ1) is 10.6. The highest BCUT2D eigenvalue weighted by molar-refractivity contribution is 5.85. The second kappa shape index (κ2) is 7.49. The molecule has 23 heavy (non-hydrogen) atoms. The molecule has 0 bridgehead atoms. The average molecular weight is 332 g/mol. The molecular weight excluding hydrogens is 310 g/mol. The van der Waals surface area contributed by atoms with Crippen LogP contribution in [0.25, 0.3) is 5.65 Å². The SMILES string of the molecule is Cc1nc2c(OCc3ccccc3)cccn2c1CN(C)C.Cl. The predicted octanol–water partition coefficient (Wildman–Crippen LogP) is 3.71. The Bertz CT molecular complexity index is 769. The number of aryl methyl sites for hydroxylation is 1. The van der Waals surface area contributed by atoms with Crippen molar-refractivity contribution in [2.75, 3.05) is 14.1 Å². The maximum Gasteiger partial charge on any atom is 0.180 e. The fraction of sp³-hybridized carbons (Fsp3) is 0.278. The molecule has 0 fully saturated rings. The van der Waals surface area contributed by atoms with E-state index in [1.54, 1.807) is 0 Å². The average Bonchev–Trinajstić information content (AvgIpc) is 2.82. The van der Waals surface area contributed by atoms with E-state index < -0.39 is 0 Å². The molecule has 2 heterocycles. The molecule has 0 atom stereocenters. The third-order valence-corrected chi connectivity index (χ3v) is 3.62. The first-order valence-corrected chi connectivity index (χ1v) is 7.43. The first-order valence-electron chi connectivity index (χ1n) is 7.43. The van der Waals surface area contributed by atoms with Gasteiger partial charge in [-0.1, -0.05) is 30.3 Å². The molecule has 0 saturated carbocycles. The molecule has 0 aliphatic heterocycles. The number of imidazole rings is 1. The maximum absolute atomic E-state index is 5.98. The van der Waals surface area contributed by atoms with Crippen LogP contribution in [-0.2, 0) is 13.2 Å². The Morgan fingerprint density at radius 1 is 1.09 bits per heavy atom. The number of hydrogen-bond acceptors (Lipinski definition) is 3. The molecule has 2 aromatic heterocycles. The van der Waals surface area contributed by atoms with Gasteiger partial charge >= 0.3 is 0 Å². The number of halogens is 1. The quantitative estimate of drug-likeness (QED) is 0.714. The number of benzene rings is 1. The number of nitrogens with zero attached hydrogens (tertiary/aromatic N) is 3. The van der Waals surface area contributed by atoms with Crippen LogP contribution >= 0.6 is 12.4 Å². The van der Waals surface area contributed by atoms with Crippen LogP contribution in [-0.4, -0.2) is 28.4 Å². The lowest BCUT2D eigenvalue weighted by Crippen LogP contribution is -2.13. The summed E-state index contributed by atoms with van der Waals surface area (Å²) in [6.07, 6.45) is 2.05. The molecular formula is C18H22ClN3O. The standard InChI is InChI=1S/C18H21N3O.ClH/c1-14-16(12-20(2)3)21-11-7-10-17(18(21)19-14)22-13-15-8-5-4-6-9-15;/h4-11H,12-13H2,1-3H3;1H. The second-order valence-electron chi connectivity index (χ2n) is 5.72. The van der Waals surface area contributed by atoms with Crippen LogP contribution < -0.4 is 4.74 Å². The first kappa shape index (κ1) is 17.3. The normalized spacial score (nSPS) is 10.8. The lowest BCUT2D eigenvalue weighted by Gasteiger charge is -2.11. The molecule has 0 spiro atoms. The topological polar surface area (TPSA) is 29.8 Å². The fourth-order valence-electron chi connectivity index (χ4n) is 2.54. The number of ether oxygens (including phenoxy) is 1. The minimum absolute atomic E-state index is 0. The minimum atomic E-state index is 0. The van der Waals surface area contributed by atoms with Crippen LogP contribution in [0.3, 0.4) is 0 Å². The number of rotatable bonds is 5. The third-order valence-electron chi connectivity index (χ3n) is 3.62. The highest BCUT2D eigenvalue weighted by atomic mass is 35.5. The number of fused-ring (bicyclic) bond motifs is 1. The van der Waals surface area contributed by atoms with Gasteiger partial charge in [-0.15, -0.1) is 12.4 Å². The Morgan fingerprint density at radius 2 is 1.83 bits per heavy atom. The zero-order chi connectivity index (χ0) is 15.5. The van der Waals surface area contributed by atoms with Gasteiger partial charge in [-0.3, -0.25) is 4.40 Å². The van der Waals surface area contributed by atoms with E-state index in [4.69, 9.17) is 4.74 Å². The second-order valence-corrected chi connectivity index (χ2v) is 5.72. The zero-order valence-electron chi connectivity index (χ0n) is 13.7. The summed E-state index contributed by atoms with van der Waals surface area (Å²) < 4.78 is 8.10. The molecule has 0 saturated heterocycles. The molecule has 4 nitrogen and oxygen atoms in total. The van der Waals surface area contributed by atoms with Gasteiger partial charge in [-0.05, 0) is 38.7 Å². The lowest BCUT2D eigenvalue weighted by atomic mass is 10.2. The van der Waals surface area contributed by atoms with Crippen molar-refractivity contribution in [2.24, 2.45) is 0 Å². The molecule has 3 rings (SSSR count). The van der Waals surface area contributed by atoms with Crippen molar-refractivity contribution in [2.45, 2.75) is 20.1 Å². The summed E-state index contributed by atoms with van der Waals surface area (Å²) in [6.45, 7) is 3.46. The monoisotopic (exact) mass is 331 g/mol. The van der Waals surface area contributed by atoms with Gasteiger partial charge in [0, 0.05) is 12.7 Å². The summed E-state index contributed by atoms with van der Waals surface area (Å²) >= 11 is 0. The third kappa shape index (κ3) is 3.84. The van der Waals surface area contributed by atoms with E-state index in [2.05, 4.69) is 40.5 Å². The molecule has 0 amide bonds. The van der Waals surface area contributed by atoms with Crippen molar-refractivity contribution in [1.29, 1.82) is 0 Å². The Kier molecular flexibility index (Phi) is 5.64. The molecule has 122 valence electrons. The Hall–Kier alpha value is -2.04. The van der Waals surface area contributed by atoms with Gasteiger partial charge in [0.1, 0.15) is 6.61 Å². The van der Waals surface area contributed by atoms with Crippen molar-refractivity contribution < 1.29 is 4.74 Å². The van der Waals surface area contributed by atoms with Crippen LogP contribution in [0.1, 0.15) is 17.0 Å². The summed E-state index contributed by atoms with van der Waals surface area (Å²) in [7, 11) is 4.13. The molecule has 5 heteroatoms. The summed E-state index contributed by atoms with van der Waals surface area (Å²) in [5.74, 6) is 0.819. The van der Waals surface area contributed by atoms with Gasteiger partial charge in [0.15, 0.2) is 11.4 Å². The highest BCUT2D eigenvalue weighted by Crippen LogP contribution is 2.23. The van der Waals surface area contributed by atoms with Gasteiger partial charge in [0.25, 0.3) is 0 Å². The van der Waals surface area contributed by atoms with Crippen LogP contribution in [0, 0.1) is 6.92 Å². The largest absolute Gasteiger partial charge is 0.485 e. The van der Waals surface area contributed by atoms with Gasteiger partial charge in [0.05, 0.1) is 11.4 Å². The van der Waals surface area contributed by atoms with Crippen molar-refractivity contribution in [3.63, 3.8) is 0 Å². The van der Waals surface area contributed by atoms with E-state index in [0.717, 1.165) is 29.2 Å². The van der Waals surface area contributed by atoms with Gasteiger partial charge in [-0.25, -0.2) is 4.98 Å². The summed E-state index contributed by atoms with van der Waals surface area (Å²) in [5.41, 5.74) is 4.28. The van der Waals surface area contributed by atoms with Gasteiger partial charge in [0.2, 0.25) is 0 Å². The number of aromatic nitrogens is 2. The summed E-state index contributed by atoms with van der Waals surface area (Å²) in [6, 6.07) is 14.2. The lowest BCUT2D eigenvalue weighted by molar-refractivity contribution is 0.308. The van der Waals surface area contributed by atoms with E-state index in [1.165, 1.54) is 5.69 Å². The summed E-state index contributed by atoms with van der Waals surface area (Å²) in [4.78, 5) is 6.84. The fourth-order valence-corrected chi connectivity index (χ4v) is 2.54. The molecule has 0 radical (unpaired) electrons. The van der Waals surface area contributed by atoms with Crippen molar-refractivity contribution in [1.82, 2.24) is 14.3 Å². The summed E-state index contributed by atoms with van der Waals surface area (Å²) in [5, 5.41) is 0. The van der Waals surface area contributed by atoms with Crippen molar-refractivity contribution in [3.8, 4) is 5.75 Å². The number of hydrogen-bond donors (Lipinski definition) is 0. The molecule has 0 aliphatic rings. The Labute approximate surface area is 143 Å². The van der Waals surface area contributed by atoms with Crippen LogP contribution in [0.5, 0.6) is 5.75 Å². The van der Waals surface area contributed by atoms with Gasteiger partial charge in [-0.2, -0.15) is 0 Å². The van der Waals surface area contributed by atoms with E-state index in [0.29, 0.717) is 6.61 Å². The molecule has 1 aromatic carbocycles. The van der Waals surface area contributed by atoms with E-state index in [9.17, 15) is 0 Å². The number of pyridine rings is 1. The van der Waals surface area contributed by atoms with Crippen molar-refractivity contribution >= 4 is 18.1 Å². The Balaban J connectivity index is 0.00000192. The predicted molar refractivity (Wildman–Crippen MR) is 95.3 cm³/mol. The minimum Gasteiger partial charge on any atom is -0.485 e. The molecule has 0 aliphatic carbocycles. The van der Waals surface area contributed by atoms with E-state index in [-0.39, 0.29) is 12.4 Å². The molecule has 3 aromatic rings. The smallest absolute Gasteiger partial charge is 0.180 e. The highest BCUT2D eigenvalue weighted by Gasteiger charge is 2.13. The van der Waals surface area contributed by atoms with E-state index >= 15 is 0 Å². The molecule has 0 unspecified atom stereocenters. The molecule has 0 N–H and O–H groups in total. The Morgan fingerprint density at radius 3 is 2.52 bits per heavy atom. The maximum atomic E-state index is 5.98. The van der Waals surface area contributed by atoms with Crippen LogP contribution in [0.2, 0.25) is 0 Å².